The van der Waals surface area contributed by atoms with Gasteiger partial charge in [-0.2, -0.15) is 0 Å². The molecule has 2 aliphatic rings. The van der Waals surface area contributed by atoms with Crippen LogP contribution in [0.25, 0.3) is 0 Å². The Balaban J connectivity index is 1.09. The Hall–Kier alpha value is -7.35. The Kier molecular flexibility index (Phi) is 11.2. The number of benzene rings is 5. The second-order valence-electron chi connectivity index (χ2n) is 15.4. The number of carbonyl (C=O) groups is 5. The number of nitrogens with two attached hydrogens (primary N) is 1. The van der Waals surface area contributed by atoms with Gasteiger partial charge in [-0.3, -0.25) is 19.2 Å². The SMILES string of the molecule is CC(C)COc1cc(C(=O)Nc2ccc(C(N)=O)cc2OCC(C)C)ccc1NC(=O)CCC(=O)c1ccc2c(c1)C1(OC2=O)c2ccc(O)cc2Oc2cc(O)ccc21. The van der Waals surface area contributed by atoms with Gasteiger partial charge in [0.05, 0.1) is 30.2 Å². The molecule has 2 heterocycles. The van der Waals surface area contributed by atoms with Crippen molar-refractivity contribution in [3.8, 4) is 34.5 Å². The van der Waals surface area contributed by atoms with Gasteiger partial charge in [0.25, 0.3) is 5.91 Å². The number of carbonyl (C=O) groups excluding carboxylic acids is 5. The summed E-state index contributed by atoms with van der Waals surface area (Å²) in [5.41, 5.74) is 6.60. The number of aromatic hydroxyl groups is 2. The van der Waals surface area contributed by atoms with Crippen molar-refractivity contribution in [1.82, 2.24) is 0 Å². The number of phenolic OH excluding ortho intramolecular Hbond substituents is 2. The van der Waals surface area contributed by atoms with Crippen LogP contribution in [0.15, 0.2) is 91.0 Å². The molecule has 0 bridgehead atoms. The van der Waals surface area contributed by atoms with Gasteiger partial charge in [-0.25, -0.2) is 4.79 Å². The van der Waals surface area contributed by atoms with Gasteiger partial charge >= 0.3 is 5.97 Å². The number of rotatable bonds is 14. The third-order valence-corrected chi connectivity index (χ3v) is 9.85. The molecule has 7 rings (SSSR count). The lowest BCUT2D eigenvalue weighted by molar-refractivity contribution is -0.116. The average molecular weight is 814 g/mol. The number of ketones is 1. The number of fused-ring (bicyclic) bond motifs is 6. The Labute approximate surface area is 345 Å². The highest BCUT2D eigenvalue weighted by molar-refractivity contribution is 6.07. The lowest BCUT2D eigenvalue weighted by Gasteiger charge is -2.36. The second-order valence-corrected chi connectivity index (χ2v) is 15.4. The van der Waals surface area contributed by atoms with E-state index in [-0.39, 0.29) is 93.8 Å². The molecule has 0 aliphatic carbocycles. The molecule has 5 aromatic rings. The summed E-state index contributed by atoms with van der Waals surface area (Å²) in [6.45, 7) is 8.45. The fourth-order valence-electron chi connectivity index (χ4n) is 6.95. The number of esters is 1. The first-order valence-electron chi connectivity index (χ1n) is 19.3. The summed E-state index contributed by atoms with van der Waals surface area (Å²) in [6, 6.07) is 22.4. The minimum atomic E-state index is -1.56. The maximum absolute atomic E-state index is 13.7. The zero-order valence-corrected chi connectivity index (χ0v) is 33.3. The maximum atomic E-state index is 13.7. The molecule has 0 saturated heterocycles. The van der Waals surface area contributed by atoms with Crippen molar-refractivity contribution in [2.45, 2.75) is 46.1 Å². The number of hydrogen-bond donors (Lipinski definition) is 5. The Morgan fingerprint density at radius 2 is 1.22 bits per heavy atom. The van der Waals surface area contributed by atoms with Crippen molar-refractivity contribution in [2.75, 3.05) is 23.8 Å². The van der Waals surface area contributed by atoms with Crippen LogP contribution in [0.2, 0.25) is 0 Å². The van der Waals surface area contributed by atoms with E-state index in [4.69, 9.17) is 24.7 Å². The van der Waals surface area contributed by atoms with Gasteiger partial charge in [0.2, 0.25) is 11.8 Å². The molecule has 2 aliphatic heterocycles. The monoisotopic (exact) mass is 813 g/mol. The first-order valence-corrected chi connectivity index (χ1v) is 19.3. The van der Waals surface area contributed by atoms with Crippen molar-refractivity contribution in [1.29, 1.82) is 0 Å². The summed E-state index contributed by atoms with van der Waals surface area (Å²) >= 11 is 0. The summed E-state index contributed by atoms with van der Waals surface area (Å²) in [5, 5.41) is 26.1. The van der Waals surface area contributed by atoms with Crippen LogP contribution in [-0.2, 0) is 15.1 Å². The lowest BCUT2D eigenvalue weighted by atomic mass is 9.77. The molecular formula is C46H43N3O11. The number of Topliss-reactive ketones (excluding diaryl/α,β-unsaturated/α-hetero) is 1. The van der Waals surface area contributed by atoms with E-state index in [2.05, 4.69) is 10.6 Å². The van der Waals surface area contributed by atoms with E-state index in [9.17, 15) is 34.2 Å². The van der Waals surface area contributed by atoms with Gasteiger partial charge in [0, 0.05) is 58.4 Å². The first-order chi connectivity index (χ1) is 28.6. The molecule has 60 heavy (non-hydrogen) atoms. The Morgan fingerprint density at radius 1 is 0.667 bits per heavy atom. The van der Waals surface area contributed by atoms with Crippen LogP contribution in [0.1, 0.15) is 98.7 Å². The lowest BCUT2D eigenvalue weighted by Crippen LogP contribution is -2.33. The highest BCUT2D eigenvalue weighted by atomic mass is 16.6. The van der Waals surface area contributed by atoms with Crippen molar-refractivity contribution in [2.24, 2.45) is 17.6 Å². The molecule has 0 fully saturated rings. The summed E-state index contributed by atoms with van der Waals surface area (Å²) in [4.78, 5) is 65.7. The van der Waals surface area contributed by atoms with Crippen molar-refractivity contribution < 1.29 is 53.1 Å². The first kappa shape index (κ1) is 40.8. The predicted octanol–water partition coefficient (Wildman–Crippen LogP) is 7.69. The van der Waals surface area contributed by atoms with Gasteiger partial charge in [-0.05, 0) is 84.6 Å². The van der Waals surface area contributed by atoms with Crippen LogP contribution in [0.5, 0.6) is 34.5 Å². The number of primary amides is 1. The molecule has 14 nitrogen and oxygen atoms in total. The minimum Gasteiger partial charge on any atom is -0.508 e. The van der Waals surface area contributed by atoms with Crippen molar-refractivity contribution >= 4 is 40.8 Å². The number of hydrogen-bond acceptors (Lipinski definition) is 11. The topological polar surface area (TPSA) is 213 Å². The summed E-state index contributed by atoms with van der Waals surface area (Å²) < 4.78 is 24.0. The number of amides is 3. The van der Waals surface area contributed by atoms with Crippen LogP contribution < -0.4 is 30.6 Å². The van der Waals surface area contributed by atoms with Crippen molar-refractivity contribution in [3.05, 3.63) is 130 Å². The smallest absolute Gasteiger partial charge is 0.340 e. The Morgan fingerprint density at radius 3 is 1.80 bits per heavy atom. The van der Waals surface area contributed by atoms with Gasteiger partial charge in [0.1, 0.15) is 34.5 Å². The molecule has 0 atom stereocenters. The third kappa shape index (κ3) is 8.17. The zero-order chi connectivity index (χ0) is 42.9. The largest absolute Gasteiger partial charge is 0.508 e. The van der Waals surface area contributed by atoms with Gasteiger partial charge < -0.3 is 45.5 Å². The molecule has 14 heteroatoms. The number of phenols is 2. The number of anilines is 2. The molecule has 6 N–H and O–H groups in total. The fraction of sp³-hybridized carbons (Fsp3) is 0.239. The zero-order valence-electron chi connectivity index (χ0n) is 33.3. The minimum absolute atomic E-state index is 0.0914. The molecule has 0 saturated carbocycles. The quantitative estimate of drug-likeness (QED) is 0.0542. The molecule has 0 unspecified atom stereocenters. The molecule has 1 spiro atoms. The molecule has 3 amide bonds. The number of nitrogens with one attached hydrogen (secondary N) is 2. The average Bonchev–Trinajstić information content (AvgIpc) is 3.49. The van der Waals surface area contributed by atoms with Crippen LogP contribution in [0.3, 0.4) is 0 Å². The van der Waals surface area contributed by atoms with E-state index in [0.717, 1.165) is 0 Å². The van der Waals surface area contributed by atoms with E-state index in [1.165, 1.54) is 72.8 Å². The van der Waals surface area contributed by atoms with Gasteiger partial charge in [0.15, 0.2) is 11.4 Å². The van der Waals surface area contributed by atoms with E-state index in [1.807, 2.05) is 27.7 Å². The molecule has 0 radical (unpaired) electrons. The summed E-state index contributed by atoms with van der Waals surface area (Å²) in [6.07, 6.45) is -0.399. The van der Waals surface area contributed by atoms with Crippen LogP contribution in [0.4, 0.5) is 11.4 Å². The molecule has 0 aromatic heterocycles. The second kappa shape index (κ2) is 16.5. The standard InChI is InChI=1S/C46H43N3O11/c1-24(2)22-57-40-18-27(43(47)54)6-13-36(40)49-44(55)28-7-14-35(41(19-28)58-23-25(3)4)48-42(53)16-15-37(52)26-5-10-31-34(17-26)46(60-45(31)56)32-11-8-29(50)20-38(32)59-39-21-30(51)9-12-33(39)46/h5-14,17-21,24-25,50-51H,15-16,22-23H2,1-4H3,(H2,47,54)(H,48,53)(H,49,55). The highest BCUT2D eigenvalue weighted by Gasteiger charge is 2.54. The predicted molar refractivity (Wildman–Crippen MR) is 220 cm³/mol. The molecular weight excluding hydrogens is 771 g/mol. The molecule has 5 aromatic carbocycles. The van der Waals surface area contributed by atoms with Crippen LogP contribution >= 0.6 is 0 Å². The third-order valence-electron chi connectivity index (χ3n) is 9.85. The Bertz CT molecular complexity index is 2510. The van der Waals surface area contributed by atoms with E-state index in [0.29, 0.717) is 34.7 Å². The summed E-state index contributed by atoms with van der Waals surface area (Å²) in [7, 11) is 0. The number of ether oxygens (including phenoxy) is 4. The van der Waals surface area contributed by atoms with Crippen LogP contribution in [0, 0.1) is 11.8 Å². The van der Waals surface area contributed by atoms with Gasteiger partial charge in [-0.1, -0.05) is 33.8 Å². The van der Waals surface area contributed by atoms with E-state index < -0.39 is 29.3 Å². The fourth-order valence-corrected chi connectivity index (χ4v) is 6.95. The molecule has 308 valence electrons. The van der Waals surface area contributed by atoms with Crippen molar-refractivity contribution in [3.63, 3.8) is 0 Å². The maximum Gasteiger partial charge on any atom is 0.340 e. The van der Waals surface area contributed by atoms with Gasteiger partial charge in [-0.15, -0.1) is 0 Å². The normalized spacial score (nSPS) is 13.1. The van der Waals surface area contributed by atoms with Crippen LogP contribution in [-0.4, -0.2) is 52.9 Å². The van der Waals surface area contributed by atoms with E-state index in [1.54, 1.807) is 18.2 Å². The highest BCUT2D eigenvalue weighted by Crippen LogP contribution is 2.57. The summed E-state index contributed by atoms with van der Waals surface area (Å²) in [5.74, 6) is -1.62. The van der Waals surface area contributed by atoms with E-state index >= 15 is 0 Å².